The number of carbonyl (C=O) groups is 3. The Morgan fingerprint density at radius 1 is 1.03 bits per heavy atom. The van der Waals surface area contributed by atoms with E-state index >= 15 is 0 Å². The molecule has 3 rings (SSSR count). The van der Waals surface area contributed by atoms with Crippen LogP contribution in [0.4, 0.5) is 14.5 Å². The number of rotatable bonds is 7. The average molecular weight is 477 g/mol. The molecule has 0 atom stereocenters. The van der Waals surface area contributed by atoms with Crippen LogP contribution in [0.2, 0.25) is 5.02 Å². The summed E-state index contributed by atoms with van der Waals surface area (Å²) in [6, 6.07) is 9.22. The predicted octanol–water partition coefficient (Wildman–Crippen LogP) is 3.33. The van der Waals surface area contributed by atoms with Gasteiger partial charge in [0.2, 0.25) is 5.91 Å². The van der Waals surface area contributed by atoms with Gasteiger partial charge in [-0.15, -0.1) is 0 Å². The molecule has 0 aliphatic carbocycles. The maximum Gasteiger partial charge on any atom is 0.338 e. The van der Waals surface area contributed by atoms with Crippen molar-refractivity contribution >= 4 is 35.1 Å². The molecular weight excluding hydrogens is 458 g/mol. The quantitative estimate of drug-likeness (QED) is 0.509. The van der Waals surface area contributed by atoms with Crippen molar-refractivity contribution in [2.45, 2.75) is 13.8 Å². The predicted molar refractivity (Wildman–Crippen MR) is 116 cm³/mol. The molecule has 2 amide bonds. The van der Waals surface area contributed by atoms with Crippen molar-refractivity contribution in [2.24, 2.45) is 0 Å². The van der Waals surface area contributed by atoms with Crippen molar-refractivity contribution in [3.63, 3.8) is 0 Å². The molecule has 0 fully saturated rings. The van der Waals surface area contributed by atoms with Crippen LogP contribution in [-0.2, 0) is 14.3 Å². The van der Waals surface area contributed by atoms with Crippen molar-refractivity contribution in [1.29, 1.82) is 0 Å². The largest absolute Gasteiger partial charge is 0.452 e. The van der Waals surface area contributed by atoms with Gasteiger partial charge in [-0.25, -0.2) is 18.3 Å². The zero-order valence-corrected chi connectivity index (χ0v) is 18.4. The van der Waals surface area contributed by atoms with Crippen LogP contribution in [0.3, 0.4) is 0 Å². The Labute approximate surface area is 192 Å². The van der Waals surface area contributed by atoms with Crippen LogP contribution in [0, 0.1) is 25.5 Å². The molecule has 2 N–H and O–H groups in total. The van der Waals surface area contributed by atoms with E-state index in [4.69, 9.17) is 16.3 Å². The first kappa shape index (κ1) is 23.9. The monoisotopic (exact) mass is 476 g/mol. The smallest absolute Gasteiger partial charge is 0.338 e. The standard InChI is InChI=1S/C22H19ClF2N4O4/c1-12-21(23)13(2)29(28-12)16-6-3-14(4-7-16)22(32)33-11-20(31)26-10-19(30)27-15-5-8-17(24)18(25)9-15/h3-9H,10-11H2,1-2H3,(H,26,31)(H,27,30). The van der Waals surface area contributed by atoms with Gasteiger partial charge in [0.1, 0.15) is 0 Å². The highest BCUT2D eigenvalue weighted by molar-refractivity contribution is 6.31. The number of hydrogen-bond donors (Lipinski definition) is 2. The third kappa shape index (κ3) is 5.92. The summed E-state index contributed by atoms with van der Waals surface area (Å²) in [6.45, 7) is 2.55. The normalized spacial score (nSPS) is 10.6. The molecule has 3 aromatic rings. The number of benzene rings is 2. The van der Waals surface area contributed by atoms with E-state index < -0.39 is 42.6 Å². The maximum absolute atomic E-state index is 13.1. The van der Waals surface area contributed by atoms with Gasteiger partial charge in [0.25, 0.3) is 5.91 Å². The molecule has 0 aliphatic rings. The minimum Gasteiger partial charge on any atom is -0.452 e. The molecule has 172 valence electrons. The summed E-state index contributed by atoms with van der Waals surface area (Å²) in [7, 11) is 0. The number of nitrogens with one attached hydrogen (secondary N) is 2. The fraction of sp³-hybridized carbons (Fsp3) is 0.182. The third-order valence-corrected chi connectivity index (χ3v) is 5.08. The summed E-state index contributed by atoms with van der Waals surface area (Å²) in [5.41, 5.74) is 2.39. The van der Waals surface area contributed by atoms with Crippen molar-refractivity contribution in [3.8, 4) is 5.69 Å². The molecule has 1 heterocycles. The van der Waals surface area contributed by atoms with E-state index in [-0.39, 0.29) is 11.3 Å². The van der Waals surface area contributed by atoms with E-state index in [1.165, 1.54) is 18.2 Å². The molecule has 2 aromatic carbocycles. The van der Waals surface area contributed by atoms with Gasteiger partial charge in [-0.1, -0.05) is 11.6 Å². The van der Waals surface area contributed by atoms with E-state index in [0.29, 0.717) is 16.4 Å². The Hall–Kier alpha value is -3.79. The molecule has 0 spiro atoms. The number of amides is 2. The van der Waals surface area contributed by atoms with Gasteiger partial charge in [-0.05, 0) is 50.2 Å². The Bertz CT molecular complexity index is 1210. The summed E-state index contributed by atoms with van der Waals surface area (Å²) < 4.78 is 32.6. The van der Waals surface area contributed by atoms with Crippen LogP contribution in [0.1, 0.15) is 21.7 Å². The van der Waals surface area contributed by atoms with Crippen molar-refractivity contribution in [1.82, 2.24) is 15.1 Å². The fourth-order valence-electron chi connectivity index (χ4n) is 2.84. The Morgan fingerprint density at radius 3 is 2.33 bits per heavy atom. The molecule has 11 heteroatoms. The molecule has 0 saturated carbocycles. The minimum atomic E-state index is -1.12. The molecule has 0 saturated heterocycles. The topological polar surface area (TPSA) is 102 Å². The summed E-state index contributed by atoms with van der Waals surface area (Å²) in [5.74, 6) is -4.27. The van der Waals surface area contributed by atoms with Gasteiger partial charge in [0.15, 0.2) is 18.2 Å². The number of aromatic nitrogens is 2. The number of anilines is 1. The van der Waals surface area contributed by atoms with Gasteiger partial charge in [0, 0.05) is 11.8 Å². The van der Waals surface area contributed by atoms with Crippen molar-refractivity contribution < 1.29 is 27.9 Å². The van der Waals surface area contributed by atoms with E-state index in [1.54, 1.807) is 23.7 Å². The lowest BCUT2D eigenvalue weighted by atomic mass is 10.2. The summed E-state index contributed by atoms with van der Waals surface area (Å²) in [4.78, 5) is 35.8. The number of carbonyl (C=O) groups excluding carboxylic acids is 3. The van der Waals surface area contributed by atoms with E-state index in [1.807, 2.05) is 6.92 Å². The van der Waals surface area contributed by atoms with Crippen LogP contribution in [0.5, 0.6) is 0 Å². The van der Waals surface area contributed by atoms with Gasteiger partial charge in [-0.2, -0.15) is 5.10 Å². The third-order valence-electron chi connectivity index (χ3n) is 4.53. The second-order valence-electron chi connectivity index (χ2n) is 6.97. The molecular formula is C22H19ClF2N4O4. The molecule has 33 heavy (non-hydrogen) atoms. The van der Waals surface area contributed by atoms with Gasteiger partial charge in [-0.3, -0.25) is 9.59 Å². The van der Waals surface area contributed by atoms with Crippen LogP contribution in [0.15, 0.2) is 42.5 Å². The zero-order valence-electron chi connectivity index (χ0n) is 17.6. The Kier molecular flexibility index (Phi) is 7.39. The number of aryl methyl sites for hydroxylation is 1. The zero-order chi connectivity index (χ0) is 24.1. The Balaban J connectivity index is 1.46. The first-order valence-electron chi connectivity index (χ1n) is 9.66. The lowest BCUT2D eigenvalue weighted by molar-refractivity contribution is -0.126. The van der Waals surface area contributed by atoms with Crippen LogP contribution < -0.4 is 10.6 Å². The summed E-state index contributed by atoms with van der Waals surface area (Å²) >= 11 is 6.15. The number of halogens is 3. The molecule has 0 bridgehead atoms. The maximum atomic E-state index is 13.1. The number of esters is 1. The van der Waals surface area contributed by atoms with Crippen molar-refractivity contribution in [2.75, 3.05) is 18.5 Å². The highest BCUT2D eigenvalue weighted by Gasteiger charge is 2.14. The molecule has 0 radical (unpaired) electrons. The SMILES string of the molecule is Cc1nn(-c2ccc(C(=O)OCC(=O)NCC(=O)Nc3ccc(F)c(F)c3)cc2)c(C)c1Cl. The lowest BCUT2D eigenvalue weighted by Gasteiger charge is -2.09. The van der Waals surface area contributed by atoms with E-state index in [9.17, 15) is 23.2 Å². The molecule has 8 nitrogen and oxygen atoms in total. The molecule has 0 unspecified atom stereocenters. The summed E-state index contributed by atoms with van der Waals surface area (Å²) in [6.07, 6.45) is 0. The second-order valence-corrected chi connectivity index (χ2v) is 7.35. The summed E-state index contributed by atoms with van der Waals surface area (Å²) in [5, 5.41) is 9.45. The van der Waals surface area contributed by atoms with Gasteiger partial charge < -0.3 is 15.4 Å². The number of nitrogens with zero attached hydrogens (tertiary/aromatic N) is 2. The van der Waals surface area contributed by atoms with Gasteiger partial charge in [0.05, 0.1) is 34.2 Å². The van der Waals surface area contributed by atoms with E-state index in [2.05, 4.69) is 15.7 Å². The number of hydrogen-bond acceptors (Lipinski definition) is 5. The highest BCUT2D eigenvalue weighted by atomic mass is 35.5. The minimum absolute atomic E-state index is 0.0331. The fourth-order valence-corrected chi connectivity index (χ4v) is 2.96. The lowest BCUT2D eigenvalue weighted by Crippen LogP contribution is -2.35. The highest BCUT2D eigenvalue weighted by Crippen LogP contribution is 2.22. The molecule has 1 aromatic heterocycles. The first-order valence-corrected chi connectivity index (χ1v) is 10.0. The first-order chi connectivity index (χ1) is 15.7. The van der Waals surface area contributed by atoms with Gasteiger partial charge >= 0.3 is 5.97 Å². The Morgan fingerprint density at radius 2 is 1.73 bits per heavy atom. The van der Waals surface area contributed by atoms with Crippen LogP contribution in [-0.4, -0.2) is 40.7 Å². The molecule has 0 aliphatic heterocycles. The van der Waals surface area contributed by atoms with Crippen LogP contribution in [0.25, 0.3) is 5.69 Å². The van der Waals surface area contributed by atoms with Crippen molar-refractivity contribution in [3.05, 3.63) is 76.1 Å². The second kappa shape index (κ2) is 10.2. The average Bonchev–Trinajstić information content (AvgIpc) is 3.06. The van der Waals surface area contributed by atoms with Crippen LogP contribution >= 0.6 is 11.6 Å². The number of ether oxygens (including phenoxy) is 1. The van der Waals surface area contributed by atoms with E-state index in [0.717, 1.165) is 17.8 Å².